The predicted molar refractivity (Wildman–Crippen MR) is 92.3 cm³/mol. The van der Waals surface area contributed by atoms with Crippen molar-refractivity contribution in [1.82, 2.24) is 5.32 Å². The highest BCUT2D eigenvalue weighted by Crippen LogP contribution is 2.17. The standard InChI is InChI=1S/C19H27NO4/c1-13(2)10-17(20-14(3)21)18(22)12-16(19(23)24-4)11-15-8-6-5-7-9-15/h5-9,13,16-17H,10-12H2,1-4H3,(H,20,21)/t16-,17+/m1/s1. The van der Waals surface area contributed by atoms with Crippen LogP contribution in [0.5, 0.6) is 0 Å². The number of hydrogen-bond acceptors (Lipinski definition) is 4. The van der Waals surface area contributed by atoms with Gasteiger partial charge < -0.3 is 10.1 Å². The van der Waals surface area contributed by atoms with E-state index < -0.39 is 17.9 Å². The van der Waals surface area contributed by atoms with E-state index in [1.54, 1.807) is 0 Å². The van der Waals surface area contributed by atoms with Crippen molar-refractivity contribution in [2.24, 2.45) is 11.8 Å². The molecule has 0 aliphatic rings. The monoisotopic (exact) mass is 333 g/mol. The quantitative estimate of drug-likeness (QED) is 0.705. The van der Waals surface area contributed by atoms with E-state index in [0.29, 0.717) is 12.8 Å². The molecule has 0 aromatic heterocycles. The highest BCUT2D eigenvalue weighted by atomic mass is 16.5. The number of amides is 1. The summed E-state index contributed by atoms with van der Waals surface area (Å²) >= 11 is 0. The van der Waals surface area contributed by atoms with Crippen LogP contribution in [0, 0.1) is 11.8 Å². The SMILES string of the molecule is COC(=O)[C@@H](CC(=O)[C@H](CC(C)C)NC(C)=O)Cc1ccccc1. The Hall–Kier alpha value is -2.17. The van der Waals surface area contributed by atoms with Crippen LogP contribution in [0.25, 0.3) is 0 Å². The molecule has 0 saturated heterocycles. The lowest BCUT2D eigenvalue weighted by molar-refractivity contribution is -0.147. The normalized spacial score (nSPS) is 13.2. The number of carbonyl (C=O) groups excluding carboxylic acids is 3. The summed E-state index contributed by atoms with van der Waals surface area (Å²) in [6.45, 7) is 5.37. The Bertz CT molecular complexity index is 554. The molecule has 0 radical (unpaired) electrons. The summed E-state index contributed by atoms with van der Waals surface area (Å²) in [7, 11) is 1.32. The van der Waals surface area contributed by atoms with Gasteiger partial charge in [0.25, 0.3) is 0 Å². The Labute approximate surface area is 143 Å². The molecule has 5 heteroatoms. The first-order chi connectivity index (χ1) is 11.3. The minimum atomic E-state index is -0.564. The molecule has 0 spiro atoms. The first kappa shape index (κ1) is 19.9. The van der Waals surface area contributed by atoms with Crippen LogP contribution in [-0.2, 0) is 25.5 Å². The van der Waals surface area contributed by atoms with Crippen molar-refractivity contribution < 1.29 is 19.1 Å². The van der Waals surface area contributed by atoms with Crippen molar-refractivity contribution in [3.05, 3.63) is 35.9 Å². The zero-order chi connectivity index (χ0) is 18.1. The maximum Gasteiger partial charge on any atom is 0.309 e. The number of benzene rings is 1. The second-order valence-electron chi connectivity index (χ2n) is 6.46. The molecule has 5 nitrogen and oxygen atoms in total. The highest BCUT2D eigenvalue weighted by Gasteiger charge is 2.28. The lowest BCUT2D eigenvalue weighted by atomic mass is 9.89. The Morgan fingerprint density at radius 3 is 2.25 bits per heavy atom. The van der Waals surface area contributed by atoms with Gasteiger partial charge in [0, 0.05) is 13.3 Å². The van der Waals surface area contributed by atoms with E-state index >= 15 is 0 Å². The third kappa shape index (κ3) is 6.94. The molecule has 2 atom stereocenters. The average Bonchev–Trinajstić information content (AvgIpc) is 2.52. The van der Waals surface area contributed by atoms with Crippen molar-refractivity contribution in [2.45, 2.75) is 46.1 Å². The molecule has 0 bridgehead atoms. The Morgan fingerprint density at radius 1 is 1.12 bits per heavy atom. The molecule has 1 aromatic carbocycles. The maximum atomic E-state index is 12.6. The van der Waals surface area contributed by atoms with Crippen LogP contribution < -0.4 is 5.32 Å². The summed E-state index contributed by atoms with van der Waals surface area (Å²) in [4.78, 5) is 36.0. The number of ketones is 1. The van der Waals surface area contributed by atoms with Crippen LogP contribution in [0.3, 0.4) is 0 Å². The van der Waals surface area contributed by atoms with E-state index in [4.69, 9.17) is 4.74 Å². The Morgan fingerprint density at radius 2 is 1.75 bits per heavy atom. The molecule has 0 aliphatic heterocycles. The highest BCUT2D eigenvalue weighted by molar-refractivity contribution is 5.91. The molecule has 1 aromatic rings. The van der Waals surface area contributed by atoms with Gasteiger partial charge in [0.2, 0.25) is 5.91 Å². The number of carbonyl (C=O) groups is 3. The van der Waals surface area contributed by atoms with Gasteiger partial charge in [-0.1, -0.05) is 44.2 Å². The molecule has 0 unspecified atom stereocenters. The van der Waals surface area contributed by atoms with Crippen LogP contribution in [0.1, 0.15) is 39.2 Å². The molecular formula is C19H27NO4. The van der Waals surface area contributed by atoms with Gasteiger partial charge in [0.05, 0.1) is 19.1 Å². The van der Waals surface area contributed by atoms with Crippen molar-refractivity contribution in [3.8, 4) is 0 Å². The number of hydrogen-bond donors (Lipinski definition) is 1. The van der Waals surface area contributed by atoms with Gasteiger partial charge in [0.1, 0.15) is 0 Å². The molecule has 24 heavy (non-hydrogen) atoms. The largest absolute Gasteiger partial charge is 0.469 e. The number of ether oxygens (including phenoxy) is 1. The van der Waals surface area contributed by atoms with E-state index in [9.17, 15) is 14.4 Å². The summed E-state index contributed by atoms with van der Waals surface area (Å²) in [5.41, 5.74) is 0.973. The zero-order valence-electron chi connectivity index (χ0n) is 14.9. The van der Waals surface area contributed by atoms with Crippen LogP contribution >= 0.6 is 0 Å². The van der Waals surface area contributed by atoms with Gasteiger partial charge >= 0.3 is 5.97 Å². The third-order valence-corrected chi connectivity index (χ3v) is 3.78. The minimum absolute atomic E-state index is 0.0548. The fourth-order valence-electron chi connectivity index (χ4n) is 2.68. The Kier molecular flexibility index (Phi) is 8.16. The third-order valence-electron chi connectivity index (χ3n) is 3.78. The van der Waals surface area contributed by atoms with E-state index in [1.165, 1.54) is 14.0 Å². The van der Waals surface area contributed by atoms with Crippen molar-refractivity contribution in [1.29, 1.82) is 0 Å². The van der Waals surface area contributed by atoms with E-state index in [-0.39, 0.29) is 24.0 Å². The lowest BCUT2D eigenvalue weighted by Gasteiger charge is -2.21. The van der Waals surface area contributed by atoms with Gasteiger partial charge in [-0.25, -0.2) is 0 Å². The summed E-state index contributed by atoms with van der Waals surface area (Å²) in [5.74, 6) is -1.07. The minimum Gasteiger partial charge on any atom is -0.469 e. The summed E-state index contributed by atoms with van der Waals surface area (Å²) in [6, 6.07) is 8.96. The van der Waals surface area contributed by atoms with Crippen molar-refractivity contribution in [3.63, 3.8) is 0 Å². The average molecular weight is 333 g/mol. The summed E-state index contributed by atoms with van der Waals surface area (Å²) in [6.07, 6.45) is 1.05. The molecule has 0 aliphatic carbocycles. The second kappa shape index (κ2) is 9.85. The fraction of sp³-hybridized carbons (Fsp3) is 0.526. The smallest absolute Gasteiger partial charge is 0.309 e. The fourth-order valence-corrected chi connectivity index (χ4v) is 2.68. The molecule has 0 heterocycles. The van der Waals surface area contributed by atoms with Crippen molar-refractivity contribution in [2.75, 3.05) is 7.11 Å². The van der Waals surface area contributed by atoms with Crippen LogP contribution in [-0.4, -0.2) is 30.8 Å². The van der Waals surface area contributed by atoms with Crippen LogP contribution in [0.4, 0.5) is 0 Å². The van der Waals surface area contributed by atoms with Gasteiger partial charge in [-0.2, -0.15) is 0 Å². The number of Topliss-reactive ketones (excluding diaryl/α,β-unsaturated/α-hetero) is 1. The number of rotatable bonds is 9. The van der Waals surface area contributed by atoms with Gasteiger partial charge in [-0.3, -0.25) is 14.4 Å². The predicted octanol–water partition coefficient (Wildman–Crippen LogP) is 2.53. The van der Waals surface area contributed by atoms with Gasteiger partial charge in [0.15, 0.2) is 5.78 Å². The number of esters is 1. The molecule has 1 amide bonds. The Balaban J connectivity index is 2.84. The maximum absolute atomic E-state index is 12.6. The zero-order valence-corrected chi connectivity index (χ0v) is 14.9. The number of methoxy groups -OCH3 is 1. The van der Waals surface area contributed by atoms with E-state index in [1.807, 2.05) is 44.2 Å². The molecule has 1 rings (SSSR count). The number of nitrogens with one attached hydrogen (secondary N) is 1. The van der Waals surface area contributed by atoms with Crippen LogP contribution in [0.2, 0.25) is 0 Å². The summed E-state index contributed by atoms with van der Waals surface area (Å²) < 4.78 is 4.85. The van der Waals surface area contributed by atoms with E-state index in [0.717, 1.165) is 5.56 Å². The first-order valence-corrected chi connectivity index (χ1v) is 8.25. The van der Waals surface area contributed by atoms with Gasteiger partial charge in [-0.15, -0.1) is 0 Å². The molecular weight excluding hydrogens is 306 g/mol. The van der Waals surface area contributed by atoms with Crippen LogP contribution in [0.15, 0.2) is 30.3 Å². The van der Waals surface area contributed by atoms with E-state index in [2.05, 4.69) is 5.32 Å². The molecule has 0 fully saturated rings. The second-order valence-corrected chi connectivity index (χ2v) is 6.46. The summed E-state index contributed by atoms with van der Waals surface area (Å²) in [5, 5.41) is 2.70. The van der Waals surface area contributed by atoms with Crippen molar-refractivity contribution >= 4 is 17.7 Å². The molecule has 132 valence electrons. The topological polar surface area (TPSA) is 72.5 Å². The first-order valence-electron chi connectivity index (χ1n) is 8.25. The molecule has 0 saturated carbocycles. The lowest BCUT2D eigenvalue weighted by Crippen LogP contribution is -2.42. The molecule has 1 N–H and O–H groups in total. The van der Waals surface area contributed by atoms with Gasteiger partial charge in [-0.05, 0) is 24.3 Å².